The zero-order chi connectivity index (χ0) is 33.7. The highest BCUT2D eigenvalue weighted by atomic mass is 32.2. The molecule has 10 heteroatoms. The zero-order valence-electron chi connectivity index (χ0n) is 26.9. The van der Waals surface area contributed by atoms with Crippen LogP contribution in [0.15, 0.2) is 145 Å². The maximum atomic E-state index is 11.3. The summed E-state index contributed by atoms with van der Waals surface area (Å²) >= 11 is 1.33. The summed E-state index contributed by atoms with van der Waals surface area (Å²) in [7, 11) is 0. The standard InChI is InChI=1S/C39H38N2O7S/c42-41(43)33-21-22-35(40-23-33)49-39-38(47-27-32-19-11-4-12-20-32)37(46-26-31-17-9-3-10-18-31)36(45-25-30-15-7-2-8-16-30)34(48-39)28-44-24-29-13-5-1-6-14-29/h1-23,34,36-39H,24-28H2/t34-,36+,37+,38-,39?/m1/s1. The van der Waals surface area contributed by atoms with Crippen molar-refractivity contribution in [3.63, 3.8) is 0 Å². The highest BCUT2D eigenvalue weighted by Crippen LogP contribution is 2.38. The third-order valence-corrected chi connectivity index (χ3v) is 9.10. The summed E-state index contributed by atoms with van der Waals surface area (Å²) in [5.41, 5.74) is 3.37. The first kappa shape index (κ1) is 34.4. The van der Waals surface area contributed by atoms with Crippen molar-refractivity contribution in [1.82, 2.24) is 4.98 Å². The third-order valence-electron chi connectivity index (χ3n) is 8.01. The number of ether oxygens (including phenoxy) is 5. The van der Waals surface area contributed by atoms with E-state index in [2.05, 4.69) is 4.98 Å². The van der Waals surface area contributed by atoms with Crippen LogP contribution in [0.25, 0.3) is 0 Å². The molecule has 5 aromatic rings. The minimum absolute atomic E-state index is 0.0866. The molecule has 4 aromatic carbocycles. The van der Waals surface area contributed by atoms with Crippen molar-refractivity contribution in [2.24, 2.45) is 0 Å². The van der Waals surface area contributed by atoms with Gasteiger partial charge in [-0.1, -0.05) is 133 Å². The number of aromatic nitrogens is 1. The summed E-state index contributed by atoms with van der Waals surface area (Å²) in [6.07, 6.45) is -1.05. The van der Waals surface area contributed by atoms with Crippen LogP contribution >= 0.6 is 11.8 Å². The first-order valence-corrected chi connectivity index (χ1v) is 17.0. The molecular weight excluding hydrogens is 641 g/mol. The van der Waals surface area contributed by atoms with Crippen LogP contribution in [0.2, 0.25) is 0 Å². The maximum absolute atomic E-state index is 11.3. The van der Waals surface area contributed by atoms with Gasteiger partial charge in [-0.05, 0) is 28.3 Å². The number of nitro groups is 1. The Bertz CT molecular complexity index is 1700. The number of hydrogen-bond acceptors (Lipinski definition) is 9. The molecule has 0 saturated carbocycles. The number of pyridine rings is 1. The van der Waals surface area contributed by atoms with Crippen LogP contribution in [0.1, 0.15) is 22.3 Å². The van der Waals surface area contributed by atoms with Crippen molar-refractivity contribution in [3.05, 3.63) is 172 Å². The fourth-order valence-electron chi connectivity index (χ4n) is 5.51. The Morgan fingerprint density at radius 1 is 0.612 bits per heavy atom. The second-order valence-corrected chi connectivity index (χ2v) is 12.7. The van der Waals surface area contributed by atoms with E-state index in [1.165, 1.54) is 24.0 Å². The summed E-state index contributed by atoms with van der Waals surface area (Å²) < 4.78 is 33.2. The van der Waals surface area contributed by atoms with Gasteiger partial charge in [-0.25, -0.2) is 4.98 Å². The van der Waals surface area contributed by atoms with E-state index in [0.717, 1.165) is 22.3 Å². The van der Waals surface area contributed by atoms with Gasteiger partial charge in [-0.2, -0.15) is 0 Å². The lowest BCUT2D eigenvalue weighted by Crippen LogP contribution is -2.60. The molecule has 1 aromatic heterocycles. The molecule has 0 radical (unpaired) electrons. The number of nitrogens with zero attached hydrogens (tertiary/aromatic N) is 2. The summed E-state index contributed by atoms with van der Waals surface area (Å²) in [5, 5.41) is 11.9. The smallest absolute Gasteiger partial charge is 0.287 e. The Kier molecular flexibility index (Phi) is 12.5. The van der Waals surface area contributed by atoms with E-state index in [4.69, 9.17) is 23.7 Å². The van der Waals surface area contributed by atoms with E-state index in [-0.39, 0.29) is 12.3 Å². The van der Waals surface area contributed by atoms with Crippen LogP contribution in [0.3, 0.4) is 0 Å². The molecule has 5 atom stereocenters. The Balaban J connectivity index is 1.32. The largest absolute Gasteiger partial charge is 0.374 e. The first-order valence-electron chi connectivity index (χ1n) is 16.1. The molecule has 49 heavy (non-hydrogen) atoms. The second-order valence-electron chi connectivity index (χ2n) is 11.6. The van der Waals surface area contributed by atoms with Gasteiger partial charge in [0.1, 0.15) is 36.0 Å². The molecule has 0 bridgehead atoms. The monoisotopic (exact) mass is 678 g/mol. The van der Waals surface area contributed by atoms with Crippen molar-refractivity contribution in [3.8, 4) is 0 Å². The molecule has 9 nitrogen and oxygen atoms in total. The highest BCUT2D eigenvalue weighted by molar-refractivity contribution is 7.99. The van der Waals surface area contributed by atoms with Crippen LogP contribution in [0.5, 0.6) is 0 Å². The Morgan fingerprint density at radius 3 is 1.55 bits per heavy atom. The average molecular weight is 679 g/mol. The molecule has 252 valence electrons. The maximum Gasteiger partial charge on any atom is 0.287 e. The molecule has 1 saturated heterocycles. The lowest BCUT2D eigenvalue weighted by Gasteiger charge is -2.46. The van der Waals surface area contributed by atoms with Crippen LogP contribution in [0.4, 0.5) is 5.69 Å². The van der Waals surface area contributed by atoms with Crippen LogP contribution in [-0.4, -0.2) is 46.4 Å². The van der Waals surface area contributed by atoms with E-state index in [1.54, 1.807) is 6.07 Å². The minimum Gasteiger partial charge on any atom is -0.374 e. The van der Waals surface area contributed by atoms with Gasteiger partial charge in [0.15, 0.2) is 0 Å². The molecule has 1 fully saturated rings. The summed E-state index contributed by atoms with van der Waals surface area (Å²) in [4.78, 5) is 15.2. The van der Waals surface area contributed by atoms with E-state index in [0.29, 0.717) is 31.5 Å². The molecule has 1 aliphatic rings. The van der Waals surface area contributed by atoms with Gasteiger partial charge in [0.05, 0.1) is 43.0 Å². The van der Waals surface area contributed by atoms with Crippen LogP contribution < -0.4 is 0 Å². The average Bonchev–Trinajstić information content (AvgIpc) is 3.15. The lowest BCUT2D eigenvalue weighted by molar-refractivity contribution is -0.385. The molecule has 2 heterocycles. The van der Waals surface area contributed by atoms with E-state index < -0.39 is 34.8 Å². The normalized spacial score (nSPS) is 20.5. The fraction of sp³-hybridized carbons (Fsp3) is 0.256. The zero-order valence-corrected chi connectivity index (χ0v) is 27.7. The Labute approximate surface area is 290 Å². The van der Waals surface area contributed by atoms with Gasteiger partial charge >= 0.3 is 0 Å². The predicted molar refractivity (Wildman–Crippen MR) is 187 cm³/mol. The number of hydrogen-bond donors (Lipinski definition) is 0. The van der Waals surface area contributed by atoms with Gasteiger partial charge in [0, 0.05) is 6.07 Å². The SMILES string of the molecule is O=[N+]([O-])c1ccc(SC2O[C@H](COCc3ccccc3)[C@H](OCc3ccccc3)[C@H](OCc3ccccc3)[C@H]2OCc2ccccc2)nc1. The molecule has 1 unspecified atom stereocenters. The van der Waals surface area contributed by atoms with Gasteiger partial charge in [-0.3, -0.25) is 10.1 Å². The quantitative estimate of drug-likeness (QED) is 0.0765. The summed E-state index contributed by atoms with van der Waals surface area (Å²) in [6.45, 7) is 1.60. The van der Waals surface area contributed by atoms with E-state index >= 15 is 0 Å². The van der Waals surface area contributed by atoms with Crippen LogP contribution in [0, 0.1) is 10.1 Å². The summed E-state index contributed by atoms with van der Waals surface area (Å²) in [5.74, 6) is 0. The van der Waals surface area contributed by atoms with Crippen molar-refractivity contribution < 1.29 is 28.6 Å². The fourth-order valence-corrected chi connectivity index (χ4v) is 6.58. The number of benzene rings is 4. The van der Waals surface area contributed by atoms with Crippen LogP contribution in [-0.2, 0) is 50.1 Å². The molecule has 0 N–H and O–H groups in total. The molecule has 1 aliphatic heterocycles. The number of rotatable bonds is 16. The second kappa shape index (κ2) is 17.8. The predicted octanol–water partition coefficient (Wildman–Crippen LogP) is 7.78. The summed E-state index contributed by atoms with van der Waals surface area (Å²) in [6, 6.07) is 42.9. The molecule has 0 amide bonds. The van der Waals surface area contributed by atoms with Gasteiger partial charge in [0.25, 0.3) is 5.69 Å². The van der Waals surface area contributed by atoms with Crippen molar-refractivity contribution in [2.75, 3.05) is 6.61 Å². The Morgan fingerprint density at radius 2 is 1.08 bits per heavy atom. The molecular formula is C39H38N2O7S. The first-order chi connectivity index (χ1) is 24.1. The lowest BCUT2D eigenvalue weighted by atomic mass is 9.98. The molecule has 0 spiro atoms. The van der Waals surface area contributed by atoms with Gasteiger partial charge < -0.3 is 23.7 Å². The molecule has 6 rings (SSSR count). The van der Waals surface area contributed by atoms with Gasteiger partial charge in [0.2, 0.25) is 0 Å². The van der Waals surface area contributed by atoms with Crippen molar-refractivity contribution in [2.45, 2.75) is 61.3 Å². The molecule has 0 aliphatic carbocycles. The minimum atomic E-state index is -0.614. The Hall–Kier alpha value is -4.42. The van der Waals surface area contributed by atoms with E-state index in [1.807, 2.05) is 121 Å². The highest BCUT2D eigenvalue weighted by Gasteiger charge is 2.49. The van der Waals surface area contributed by atoms with Gasteiger partial charge in [-0.15, -0.1) is 0 Å². The third kappa shape index (κ3) is 10.1. The van der Waals surface area contributed by atoms with Crippen molar-refractivity contribution in [1.29, 1.82) is 0 Å². The van der Waals surface area contributed by atoms with Crippen molar-refractivity contribution >= 4 is 17.4 Å². The number of thioether (sulfide) groups is 1. The van der Waals surface area contributed by atoms with E-state index in [9.17, 15) is 10.1 Å². The topological polar surface area (TPSA) is 102 Å².